The second kappa shape index (κ2) is 4.09. The molecule has 0 radical (unpaired) electrons. The van der Waals surface area contributed by atoms with E-state index in [1.165, 1.54) is 12.2 Å². The summed E-state index contributed by atoms with van der Waals surface area (Å²) in [4.78, 5) is 10.4. The lowest BCUT2D eigenvalue weighted by atomic mass is 10.2. The molecule has 0 aliphatic heterocycles. The molecule has 0 atom stereocenters. The summed E-state index contributed by atoms with van der Waals surface area (Å²) < 4.78 is 0.779. The SMILES string of the molecule is NC(=O)/C=C\c1ccc(Br)cc1O. The Morgan fingerprint density at radius 1 is 1.54 bits per heavy atom. The minimum Gasteiger partial charge on any atom is -0.507 e. The summed E-state index contributed by atoms with van der Waals surface area (Å²) in [5, 5.41) is 9.37. The predicted molar refractivity (Wildman–Crippen MR) is 54.0 cm³/mol. The molecule has 0 spiro atoms. The Morgan fingerprint density at radius 3 is 2.77 bits per heavy atom. The van der Waals surface area contributed by atoms with Crippen LogP contribution >= 0.6 is 15.9 Å². The Morgan fingerprint density at radius 2 is 2.23 bits per heavy atom. The van der Waals surface area contributed by atoms with Gasteiger partial charge in [-0.2, -0.15) is 0 Å². The van der Waals surface area contributed by atoms with E-state index in [-0.39, 0.29) is 5.75 Å². The van der Waals surface area contributed by atoms with Crippen molar-refractivity contribution < 1.29 is 9.90 Å². The van der Waals surface area contributed by atoms with Crippen molar-refractivity contribution in [2.75, 3.05) is 0 Å². The monoisotopic (exact) mass is 241 g/mol. The molecule has 1 amide bonds. The lowest BCUT2D eigenvalue weighted by Gasteiger charge is -1.98. The first kappa shape index (κ1) is 9.80. The third-order valence-corrected chi connectivity index (χ3v) is 1.91. The van der Waals surface area contributed by atoms with E-state index in [1.54, 1.807) is 18.2 Å². The standard InChI is InChI=1S/C9H8BrNO2/c10-7-3-1-6(8(12)5-7)2-4-9(11)13/h1-5,12H,(H2,11,13)/b4-2-. The van der Waals surface area contributed by atoms with Gasteiger partial charge >= 0.3 is 0 Å². The van der Waals surface area contributed by atoms with Gasteiger partial charge in [0.25, 0.3) is 0 Å². The van der Waals surface area contributed by atoms with E-state index < -0.39 is 5.91 Å². The van der Waals surface area contributed by atoms with Crippen molar-refractivity contribution >= 4 is 27.9 Å². The van der Waals surface area contributed by atoms with Gasteiger partial charge in [0.2, 0.25) is 5.91 Å². The minimum atomic E-state index is -0.540. The lowest BCUT2D eigenvalue weighted by molar-refractivity contribution is -0.113. The quantitative estimate of drug-likeness (QED) is 0.774. The molecule has 0 fully saturated rings. The van der Waals surface area contributed by atoms with Crippen LogP contribution in [0.4, 0.5) is 0 Å². The topological polar surface area (TPSA) is 63.3 Å². The van der Waals surface area contributed by atoms with Gasteiger partial charge in [0.1, 0.15) is 5.75 Å². The average Bonchev–Trinajstić information content (AvgIpc) is 2.02. The van der Waals surface area contributed by atoms with Gasteiger partial charge in [-0.1, -0.05) is 22.0 Å². The van der Waals surface area contributed by atoms with Gasteiger partial charge in [-0.05, 0) is 18.2 Å². The number of phenols is 1. The molecular weight excluding hydrogens is 234 g/mol. The van der Waals surface area contributed by atoms with E-state index in [2.05, 4.69) is 15.9 Å². The Labute approximate surface area is 84.0 Å². The molecule has 0 saturated carbocycles. The van der Waals surface area contributed by atoms with Crippen LogP contribution in [0.5, 0.6) is 5.75 Å². The number of carbonyl (C=O) groups excluding carboxylic acids is 1. The van der Waals surface area contributed by atoms with E-state index in [9.17, 15) is 9.90 Å². The number of benzene rings is 1. The van der Waals surface area contributed by atoms with E-state index >= 15 is 0 Å². The summed E-state index contributed by atoms with van der Waals surface area (Å²) in [6.07, 6.45) is 2.66. The van der Waals surface area contributed by atoms with Crippen molar-refractivity contribution in [2.45, 2.75) is 0 Å². The number of phenolic OH excluding ortho intramolecular Hbond substituents is 1. The van der Waals surface area contributed by atoms with Crippen LogP contribution in [0.3, 0.4) is 0 Å². The third-order valence-electron chi connectivity index (χ3n) is 1.42. The van der Waals surface area contributed by atoms with Gasteiger partial charge in [0.15, 0.2) is 0 Å². The number of amides is 1. The average molecular weight is 242 g/mol. The van der Waals surface area contributed by atoms with Crippen LogP contribution in [0.2, 0.25) is 0 Å². The highest BCUT2D eigenvalue weighted by molar-refractivity contribution is 9.10. The summed E-state index contributed by atoms with van der Waals surface area (Å²) in [5.74, 6) is -0.436. The van der Waals surface area contributed by atoms with Gasteiger partial charge < -0.3 is 10.8 Å². The van der Waals surface area contributed by atoms with Crippen LogP contribution < -0.4 is 5.73 Å². The van der Waals surface area contributed by atoms with Crippen LogP contribution in [0, 0.1) is 0 Å². The van der Waals surface area contributed by atoms with E-state index in [0.29, 0.717) is 5.56 Å². The normalized spacial score (nSPS) is 10.5. The first-order valence-corrected chi connectivity index (χ1v) is 4.35. The summed E-state index contributed by atoms with van der Waals surface area (Å²) >= 11 is 3.20. The van der Waals surface area contributed by atoms with Crippen molar-refractivity contribution in [1.82, 2.24) is 0 Å². The maximum Gasteiger partial charge on any atom is 0.241 e. The highest BCUT2D eigenvalue weighted by Gasteiger charge is 1.97. The number of aromatic hydroxyl groups is 1. The van der Waals surface area contributed by atoms with Crippen LogP contribution in [-0.4, -0.2) is 11.0 Å². The van der Waals surface area contributed by atoms with E-state index in [0.717, 1.165) is 4.47 Å². The molecule has 0 aliphatic rings. The first-order valence-electron chi connectivity index (χ1n) is 3.55. The molecule has 0 heterocycles. The summed E-state index contributed by atoms with van der Waals surface area (Å²) in [6.45, 7) is 0. The second-order valence-electron chi connectivity index (χ2n) is 2.44. The van der Waals surface area contributed by atoms with Crippen molar-refractivity contribution in [2.24, 2.45) is 5.73 Å². The number of halogens is 1. The summed E-state index contributed by atoms with van der Waals surface area (Å²) in [5.41, 5.74) is 5.46. The molecular formula is C9H8BrNO2. The number of hydrogen-bond donors (Lipinski definition) is 2. The number of carbonyl (C=O) groups is 1. The molecule has 0 saturated heterocycles. The zero-order valence-electron chi connectivity index (χ0n) is 6.70. The Kier molecular flexibility index (Phi) is 3.08. The Bertz CT molecular complexity index is 361. The number of primary amides is 1. The van der Waals surface area contributed by atoms with Gasteiger partial charge in [0.05, 0.1) is 0 Å². The van der Waals surface area contributed by atoms with Crippen molar-refractivity contribution in [3.8, 4) is 5.75 Å². The predicted octanol–water partition coefficient (Wildman–Crippen LogP) is 1.65. The minimum absolute atomic E-state index is 0.104. The van der Waals surface area contributed by atoms with Crippen molar-refractivity contribution in [3.63, 3.8) is 0 Å². The first-order chi connectivity index (χ1) is 6.09. The fraction of sp³-hybridized carbons (Fsp3) is 0. The van der Waals surface area contributed by atoms with Crippen LogP contribution in [0.25, 0.3) is 6.08 Å². The maximum atomic E-state index is 10.4. The fourth-order valence-corrected chi connectivity index (χ4v) is 1.18. The number of hydrogen-bond acceptors (Lipinski definition) is 2. The van der Waals surface area contributed by atoms with Gasteiger partial charge in [-0.15, -0.1) is 0 Å². The van der Waals surface area contributed by atoms with Crippen LogP contribution in [0.1, 0.15) is 5.56 Å². The van der Waals surface area contributed by atoms with E-state index in [1.807, 2.05) is 0 Å². The van der Waals surface area contributed by atoms with Gasteiger partial charge in [0, 0.05) is 16.1 Å². The zero-order chi connectivity index (χ0) is 9.84. The second-order valence-corrected chi connectivity index (χ2v) is 3.35. The lowest BCUT2D eigenvalue weighted by Crippen LogP contribution is -2.05. The van der Waals surface area contributed by atoms with Gasteiger partial charge in [-0.3, -0.25) is 4.79 Å². The molecule has 3 nitrogen and oxygen atoms in total. The Hall–Kier alpha value is -1.29. The van der Waals surface area contributed by atoms with Crippen molar-refractivity contribution in [1.29, 1.82) is 0 Å². The highest BCUT2D eigenvalue weighted by Crippen LogP contribution is 2.23. The molecule has 13 heavy (non-hydrogen) atoms. The molecule has 68 valence electrons. The molecule has 1 aromatic carbocycles. The summed E-state index contributed by atoms with van der Waals surface area (Å²) in [6, 6.07) is 4.99. The third kappa shape index (κ3) is 2.91. The molecule has 0 unspecified atom stereocenters. The molecule has 0 bridgehead atoms. The maximum absolute atomic E-state index is 10.4. The molecule has 0 aromatic heterocycles. The largest absolute Gasteiger partial charge is 0.507 e. The van der Waals surface area contributed by atoms with E-state index in [4.69, 9.17) is 5.73 Å². The molecule has 3 N–H and O–H groups in total. The Balaban J connectivity index is 2.96. The number of nitrogens with two attached hydrogens (primary N) is 1. The summed E-state index contributed by atoms with van der Waals surface area (Å²) in [7, 11) is 0. The van der Waals surface area contributed by atoms with Crippen molar-refractivity contribution in [3.05, 3.63) is 34.3 Å². The fourth-order valence-electron chi connectivity index (χ4n) is 0.830. The van der Waals surface area contributed by atoms with Crippen LogP contribution in [-0.2, 0) is 4.79 Å². The van der Waals surface area contributed by atoms with Crippen LogP contribution in [0.15, 0.2) is 28.7 Å². The van der Waals surface area contributed by atoms with Gasteiger partial charge in [-0.25, -0.2) is 0 Å². The molecule has 0 aliphatic carbocycles. The molecule has 1 aromatic rings. The zero-order valence-corrected chi connectivity index (χ0v) is 8.28. The molecule has 4 heteroatoms. The highest BCUT2D eigenvalue weighted by atomic mass is 79.9. The molecule has 1 rings (SSSR count). The number of rotatable bonds is 2. The smallest absolute Gasteiger partial charge is 0.241 e.